The van der Waals surface area contributed by atoms with E-state index in [1.165, 1.54) is 0 Å². The molecular weight excluding hydrogens is 308 g/mol. The summed E-state index contributed by atoms with van der Waals surface area (Å²) >= 11 is 0. The number of fused-ring (bicyclic) bond motifs is 2. The molecule has 1 amide bonds. The van der Waals surface area contributed by atoms with E-state index in [1.807, 2.05) is 4.68 Å². The van der Waals surface area contributed by atoms with Crippen LogP contribution in [-0.4, -0.2) is 60.6 Å². The Morgan fingerprint density at radius 2 is 1.95 bits per heavy atom. The third-order valence-corrected chi connectivity index (χ3v) is 3.91. The maximum absolute atomic E-state index is 12.5. The molecule has 0 aromatic carbocycles. The lowest BCUT2D eigenvalue weighted by Gasteiger charge is -2.23. The Bertz CT molecular complexity index is 657. The summed E-state index contributed by atoms with van der Waals surface area (Å²) < 4.78 is 1.83. The summed E-state index contributed by atoms with van der Waals surface area (Å²) in [5.41, 5.74) is 1.78. The van der Waals surface area contributed by atoms with E-state index in [-0.39, 0.29) is 18.3 Å². The van der Waals surface area contributed by atoms with Gasteiger partial charge in [-0.3, -0.25) is 4.79 Å². The normalized spacial score (nSPS) is 17.2. The lowest BCUT2D eigenvalue weighted by molar-refractivity contribution is 0.0719. The number of rotatable bonds is 1. The zero-order valence-electron chi connectivity index (χ0n) is 11.9. The molecule has 0 unspecified atom stereocenters. The van der Waals surface area contributed by atoms with Gasteiger partial charge in [0.1, 0.15) is 11.5 Å². The van der Waals surface area contributed by atoms with E-state index in [9.17, 15) is 4.79 Å². The number of hydrogen-bond donors (Lipinski definition) is 2. The molecule has 118 valence electrons. The van der Waals surface area contributed by atoms with E-state index < -0.39 is 0 Å². The SMILES string of the molecule is Cl.O=C(c1nc2n(n1)CCNCC2)N1CCc2n[nH]nc2C1. The average molecular weight is 325 g/mol. The second kappa shape index (κ2) is 6.01. The molecule has 0 fully saturated rings. The van der Waals surface area contributed by atoms with E-state index in [2.05, 4.69) is 30.8 Å². The predicted molar refractivity (Wildman–Crippen MR) is 78.7 cm³/mol. The van der Waals surface area contributed by atoms with Crippen molar-refractivity contribution in [3.8, 4) is 0 Å². The summed E-state index contributed by atoms with van der Waals surface area (Å²) in [6.07, 6.45) is 1.52. The van der Waals surface area contributed by atoms with Gasteiger partial charge >= 0.3 is 0 Å². The smallest absolute Gasteiger partial charge is 0.293 e. The topological polar surface area (TPSA) is 105 Å². The summed E-state index contributed by atoms with van der Waals surface area (Å²) in [6, 6.07) is 0. The van der Waals surface area contributed by atoms with Crippen LogP contribution in [0.25, 0.3) is 0 Å². The van der Waals surface area contributed by atoms with Crippen LogP contribution >= 0.6 is 12.4 Å². The molecule has 2 aromatic rings. The van der Waals surface area contributed by atoms with Gasteiger partial charge in [-0.05, 0) is 0 Å². The largest absolute Gasteiger partial charge is 0.329 e. The highest BCUT2D eigenvalue weighted by molar-refractivity contribution is 5.90. The van der Waals surface area contributed by atoms with Gasteiger partial charge in [-0.15, -0.1) is 17.5 Å². The van der Waals surface area contributed by atoms with Crippen molar-refractivity contribution in [2.24, 2.45) is 0 Å². The zero-order valence-corrected chi connectivity index (χ0v) is 12.8. The molecule has 0 aliphatic carbocycles. The number of nitrogens with zero attached hydrogens (tertiary/aromatic N) is 6. The Balaban J connectivity index is 0.00000144. The summed E-state index contributed by atoms with van der Waals surface area (Å²) in [5.74, 6) is 1.04. The first-order valence-corrected chi connectivity index (χ1v) is 7.13. The van der Waals surface area contributed by atoms with Crippen LogP contribution < -0.4 is 5.32 Å². The molecule has 0 saturated carbocycles. The fourth-order valence-electron chi connectivity index (χ4n) is 2.76. The monoisotopic (exact) mass is 324 g/mol. The van der Waals surface area contributed by atoms with Crippen LogP contribution in [0.4, 0.5) is 0 Å². The number of nitrogens with one attached hydrogen (secondary N) is 2. The molecule has 0 bridgehead atoms. The first-order chi connectivity index (χ1) is 10.3. The van der Waals surface area contributed by atoms with Crippen LogP contribution in [0.3, 0.4) is 0 Å². The van der Waals surface area contributed by atoms with Crippen LogP contribution in [0, 0.1) is 0 Å². The lowest BCUT2D eigenvalue weighted by Crippen LogP contribution is -2.36. The number of aromatic nitrogens is 6. The molecule has 10 heteroatoms. The molecule has 22 heavy (non-hydrogen) atoms. The van der Waals surface area contributed by atoms with Gasteiger partial charge in [0, 0.05) is 32.5 Å². The molecule has 2 aliphatic heterocycles. The van der Waals surface area contributed by atoms with Crippen molar-refractivity contribution in [3.63, 3.8) is 0 Å². The number of halogens is 1. The van der Waals surface area contributed by atoms with Crippen molar-refractivity contribution in [2.45, 2.75) is 25.9 Å². The molecule has 0 spiro atoms. The van der Waals surface area contributed by atoms with E-state index in [1.54, 1.807) is 4.90 Å². The van der Waals surface area contributed by atoms with Crippen molar-refractivity contribution in [1.29, 1.82) is 0 Å². The molecule has 0 atom stereocenters. The van der Waals surface area contributed by atoms with E-state index in [0.29, 0.717) is 18.9 Å². The minimum atomic E-state index is -0.128. The molecule has 9 nitrogen and oxygen atoms in total. The maximum Gasteiger partial charge on any atom is 0.293 e. The third kappa shape index (κ3) is 2.57. The highest BCUT2D eigenvalue weighted by Crippen LogP contribution is 2.16. The fraction of sp³-hybridized carbons (Fsp3) is 0.583. The number of amides is 1. The molecule has 4 heterocycles. The molecule has 2 aliphatic rings. The minimum Gasteiger partial charge on any atom is -0.329 e. The second-order valence-electron chi connectivity index (χ2n) is 5.27. The standard InChI is InChI=1S/C12H16N8O.ClH/c21-12(19-5-2-8-9(7-19)16-18-15-8)11-14-10-1-3-13-4-6-20(10)17-11;/h13H,1-7H2,(H,15,16,18);1H. The van der Waals surface area contributed by atoms with Gasteiger partial charge in [-0.1, -0.05) is 0 Å². The van der Waals surface area contributed by atoms with Crippen LogP contribution in [0.2, 0.25) is 0 Å². The first-order valence-electron chi connectivity index (χ1n) is 7.13. The molecule has 2 aromatic heterocycles. The van der Waals surface area contributed by atoms with Gasteiger partial charge in [0.25, 0.3) is 5.91 Å². The Labute approximate surface area is 132 Å². The Morgan fingerprint density at radius 3 is 2.86 bits per heavy atom. The van der Waals surface area contributed by atoms with Gasteiger partial charge in [0.05, 0.1) is 18.8 Å². The molecular formula is C12H17ClN8O. The van der Waals surface area contributed by atoms with Crippen molar-refractivity contribution >= 4 is 18.3 Å². The highest BCUT2D eigenvalue weighted by atomic mass is 35.5. The van der Waals surface area contributed by atoms with E-state index >= 15 is 0 Å². The van der Waals surface area contributed by atoms with Crippen molar-refractivity contribution in [3.05, 3.63) is 23.0 Å². The number of aromatic amines is 1. The van der Waals surface area contributed by atoms with Gasteiger partial charge in [0.15, 0.2) is 0 Å². The number of hydrogen-bond acceptors (Lipinski definition) is 6. The maximum atomic E-state index is 12.5. The van der Waals surface area contributed by atoms with Crippen LogP contribution in [-0.2, 0) is 25.9 Å². The molecule has 4 rings (SSSR count). The lowest BCUT2D eigenvalue weighted by atomic mass is 10.1. The summed E-state index contributed by atoms with van der Waals surface area (Å²) in [4.78, 5) is 18.7. The summed E-state index contributed by atoms with van der Waals surface area (Å²) in [6.45, 7) is 3.58. The second-order valence-corrected chi connectivity index (χ2v) is 5.27. The minimum absolute atomic E-state index is 0. The van der Waals surface area contributed by atoms with Crippen LogP contribution in [0.5, 0.6) is 0 Å². The van der Waals surface area contributed by atoms with Gasteiger partial charge in [-0.2, -0.15) is 15.4 Å². The molecule has 0 saturated heterocycles. The van der Waals surface area contributed by atoms with Crippen LogP contribution in [0.15, 0.2) is 0 Å². The quantitative estimate of drug-likeness (QED) is 0.709. The number of carbonyl (C=O) groups excluding carboxylic acids is 1. The van der Waals surface area contributed by atoms with Gasteiger partial charge in [0.2, 0.25) is 5.82 Å². The van der Waals surface area contributed by atoms with Crippen molar-refractivity contribution in [2.75, 3.05) is 19.6 Å². The zero-order chi connectivity index (χ0) is 14.2. The summed E-state index contributed by atoms with van der Waals surface area (Å²) in [5, 5.41) is 18.4. The van der Waals surface area contributed by atoms with E-state index in [0.717, 1.165) is 49.7 Å². The van der Waals surface area contributed by atoms with Crippen molar-refractivity contribution < 1.29 is 4.79 Å². The Morgan fingerprint density at radius 1 is 1.09 bits per heavy atom. The molecule has 2 N–H and O–H groups in total. The van der Waals surface area contributed by atoms with Gasteiger partial charge < -0.3 is 10.2 Å². The average Bonchev–Trinajstić information content (AvgIpc) is 3.08. The summed E-state index contributed by atoms with van der Waals surface area (Å²) in [7, 11) is 0. The third-order valence-electron chi connectivity index (χ3n) is 3.91. The number of H-pyrrole nitrogens is 1. The van der Waals surface area contributed by atoms with E-state index in [4.69, 9.17) is 0 Å². The predicted octanol–water partition coefficient (Wildman–Crippen LogP) is -0.838. The number of carbonyl (C=O) groups is 1. The van der Waals surface area contributed by atoms with Crippen molar-refractivity contribution in [1.82, 2.24) is 40.4 Å². The molecule has 0 radical (unpaired) electrons. The Hall–Kier alpha value is -2.00. The van der Waals surface area contributed by atoms with Gasteiger partial charge in [-0.25, -0.2) is 9.67 Å². The fourth-order valence-corrected chi connectivity index (χ4v) is 2.76. The first kappa shape index (κ1) is 14.9. The van der Waals surface area contributed by atoms with Crippen LogP contribution in [0.1, 0.15) is 27.8 Å². The highest BCUT2D eigenvalue weighted by Gasteiger charge is 2.27. The Kier molecular flexibility index (Phi) is 4.08.